The maximum Gasteiger partial charge on any atom is 0.310 e. The van der Waals surface area contributed by atoms with Crippen molar-refractivity contribution in [2.24, 2.45) is 5.92 Å². The second kappa shape index (κ2) is 6.93. The first-order valence-corrected chi connectivity index (χ1v) is 10.1. The first-order chi connectivity index (χ1) is 13.0. The molecule has 0 unspecified atom stereocenters. The van der Waals surface area contributed by atoms with Gasteiger partial charge in [0.05, 0.1) is 34.0 Å². The topological polar surface area (TPSA) is 107 Å². The van der Waals surface area contributed by atoms with Gasteiger partial charge in [-0.3, -0.25) is 19.2 Å². The summed E-state index contributed by atoms with van der Waals surface area (Å²) < 4.78 is 12.9. The van der Waals surface area contributed by atoms with Crippen LogP contribution in [0.2, 0.25) is 0 Å². The smallest absolute Gasteiger partial charge is 0.310 e. The van der Waals surface area contributed by atoms with Gasteiger partial charge in [0.25, 0.3) is 5.91 Å². The van der Waals surface area contributed by atoms with E-state index >= 15 is 0 Å². The number of hydrogen-bond acceptors (Lipinski definition) is 9. The number of hydrogen-bond donors (Lipinski definition) is 0. The first kappa shape index (κ1) is 17.9. The molecular formula is C17H15N3O5S2. The summed E-state index contributed by atoms with van der Waals surface area (Å²) in [6, 6.07) is 1.46. The third-order valence-electron chi connectivity index (χ3n) is 4.64. The van der Waals surface area contributed by atoms with E-state index in [1.165, 1.54) is 6.07 Å². The molecule has 2 aromatic rings. The number of rotatable bonds is 3. The van der Waals surface area contributed by atoms with Crippen LogP contribution in [0.3, 0.4) is 0 Å². The molecule has 3 heterocycles. The van der Waals surface area contributed by atoms with Crippen molar-refractivity contribution in [3.05, 3.63) is 32.8 Å². The summed E-state index contributed by atoms with van der Waals surface area (Å²) in [7, 11) is 0. The van der Waals surface area contributed by atoms with Crippen LogP contribution in [-0.2, 0) is 9.53 Å². The van der Waals surface area contributed by atoms with Crippen molar-refractivity contribution < 1.29 is 23.9 Å². The molecule has 1 aliphatic heterocycles. The van der Waals surface area contributed by atoms with Crippen molar-refractivity contribution in [2.45, 2.75) is 19.8 Å². The minimum atomic E-state index is -0.383. The number of esters is 1. The van der Waals surface area contributed by atoms with Gasteiger partial charge in [-0.05, 0) is 25.8 Å². The molecule has 140 valence electrons. The standard InChI is InChI=1S/C17H15N3O5S2/c1-2-25-17(24)8-4-3-5-20(7-8)16(23)10-6-9-13(21)11-12(19-27-18-11)14(22)15(9)26-10/h6,8H,2-5,7H2,1H3/t8-/m1/s1. The van der Waals surface area contributed by atoms with Crippen molar-refractivity contribution in [3.63, 3.8) is 0 Å². The molecule has 0 spiro atoms. The van der Waals surface area contributed by atoms with Crippen molar-refractivity contribution in [1.82, 2.24) is 13.6 Å². The van der Waals surface area contributed by atoms with Crippen LogP contribution >= 0.6 is 23.1 Å². The van der Waals surface area contributed by atoms with Crippen molar-refractivity contribution in [2.75, 3.05) is 19.7 Å². The van der Waals surface area contributed by atoms with Gasteiger partial charge < -0.3 is 9.64 Å². The van der Waals surface area contributed by atoms with Crippen LogP contribution in [0.1, 0.15) is 60.9 Å². The molecule has 0 bridgehead atoms. The summed E-state index contributed by atoms with van der Waals surface area (Å²) in [4.78, 5) is 52.0. The molecule has 0 saturated carbocycles. The van der Waals surface area contributed by atoms with Gasteiger partial charge in [-0.25, -0.2) is 0 Å². The fourth-order valence-electron chi connectivity index (χ4n) is 3.33. The van der Waals surface area contributed by atoms with Gasteiger partial charge in [0, 0.05) is 18.7 Å². The lowest BCUT2D eigenvalue weighted by Gasteiger charge is -2.31. The van der Waals surface area contributed by atoms with E-state index in [1.807, 2.05) is 0 Å². The molecule has 0 aromatic carbocycles. The quantitative estimate of drug-likeness (QED) is 0.612. The van der Waals surface area contributed by atoms with Gasteiger partial charge in [0.2, 0.25) is 11.6 Å². The van der Waals surface area contributed by atoms with E-state index in [1.54, 1.807) is 11.8 Å². The minimum Gasteiger partial charge on any atom is -0.466 e. The third kappa shape index (κ3) is 2.98. The Kier molecular flexibility index (Phi) is 4.60. The largest absolute Gasteiger partial charge is 0.466 e. The number of nitrogens with zero attached hydrogens (tertiary/aromatic N) is 3. The predicted octanol–water partition coefficient (Wildman–Crippen LogP) is 1.79. The number of carbonyl (C=O) groups excluding carboxylic acids is 4. The number of ether oxygens (including phenoxy) is 1. The highest BCUT2D eigenvalue weighted by Gasteiger charge is 2.37. The Bertz CT molecular complexity index is 916. The molecule has 0 radical (unpaired) electrons. The van der Waals surface area contributed by atoms with Gasteiger partial charge in [0.15, 0.2) is 11.4 Å². The van der Waals surface area contributed by atoms with Gasteiger partial charge in [-0.15, -0.1) is 11.3 Å². The van der Waals surface area contributed by atoms with Crippen LogP contribution in [-0.4, -0.2) is 56.8 Å². The second-order valence-electron chi connectivity index (χ2n) is 6.32. The van der Waals surface area contributed by atoms with Crippen molar-refractivity contribution in [1.29, 1.82) is 0 Å². The molecule has 2 aliphatic rings. The predicted molar refractivity (Wildman–Crippen MR) is 96.4 cm³/mol. The number of likely N-dealkylation sites (tertiary alicyclic amines) is 1. The van der Waals surface area contributed by atoms with E-state index in [0.29, 0.717) is 30.9 Å². The van der Waals surface area contributed by atoms with E-state index in [2.05, 4.69) is 8.75 Å². The van der Waals surface area contributed by atoms with Gasteiger partial charge in [0.1, 0.15) is 0 Å². The van der Waals surface area contributed by atoms with Crippen LogP contribution in [0.5, 0.6) is 0 Å². The van der Waals surface area contributed by atoms with E-state index in [9.17, 15) is 19.2 Å². The van der Waals surface area contributed by atoms with Gasteiger partial charge in [-0.1, -0.05) is 0 Å². The summed E-state index contributed by atoms with van der Waals surface area (Å²) in [6.45, 7) is 2.85. The lowest BCUT2D eigenvalue weighted by atomic mass is 9.96. The van der Waals surface area contributed by atoms with Crippen LogP contribution in [0.4, 0.5) is 0 Å². The Balaban J connectivity index is 1.58. The number of piperidine rings is 1. The second-order valence-corrected chi connectivity index (χ2v) is 7.90. The summed E-state index contributed by atoms with van der Waals surface area (Å²) >= 11 is 1.82. The molecular weight excluding hydrogens is 390 g/mol. The zero-order valence-electron chi connectivity index (χ0n) is 14.4. The molecule has 1 saturated heterocycles. The summed E-state index contributed by atoms with van der Waals surface area (Å²) in [5.41, 5.74) is 0.306. The van der Waals surface area contributed by atoms with Crippen molar-refractivity contribution in [3.8, 4) is 0 Å². The van der Waals surface area contributed by atoms with Crippen LogP contribution in [0.15, 0.2) is 6.07 Å². The lowest BCUT2D eigenvalue weighted by molar-refractivity contribution is -0.149. The highest BCUT2D eigenvalue weighted by molar-refractivity contribution is 7.16. The fourth-order valence-corrected chi connectivity index (χ4v) is 4.93. The normalized spacial score (nSPS) is 18.9. The Morgan fingerprint density at radius 1 is 1.26 bits per heavy atom. The molecule has 0 N–H and O–H groups in total. The molecule has 2 aromatic heterocycles. The van der Waals surface area contributed by atoms with Gasteiger partial charge in [-0.2, -0.15) is 8.75 Å². The Morgan fingerprint density at radius 2 is 2.00 bits per heavy atom. The van der Waals surface area contributed by atoms with Gasteiger partial charge >= 0.3 is 5.97 Å². The number of ketones is 2. The number of carbonyl (C=O) groups is 4. The highest BCUT2D eigenvalue weighted by atomic mass is 32.1. The fraction of sp³-hybridized carbons (Fsp3) is 0.412. The maximum absolute atomic E-state index is 12.9. The number of aromatic nitrogens is 2. The monoisotopic (exact) mass is 405 g/mol. The Labute approximate surface area is 162 Å². The Hall–Kier alpha value is -2.46. The van der Waals surface area contributed by atoms with E-state index in [0.717, 1.165) is 23.1 Å². The van der Waals surface area contributed by atoms with Crippen LogP contribution in [0, 0.1) is 5.92 Å². The zero-order valence-corrected chi connectivity index (χ0v) is 16.0. The zero-order chi connectivity index (χ0) is 19.1. The average molecular weight is 405 g/mol. The lowest BCUT2D eigenvalue weighted by Crippen LogP contribution is -2.42. The molecule has 8 nitrogen and oxygen atoms in total. The molecule has 1 aliphatic carbocycles. The molecule has 10 heteroatoms. The van der Waals surface area contributed by atoms with Crippen LogP contribution < -0.4 is 0 Å². The molecule has 1 atom stereocenters. The third-order valence-corrected chi connectivity index (χ3v) is 6.29. The first-order valence-electron chi connectivity index (χ1n) is 8.53. The van der Waals surface area contributed by atoms with Crippen molar-refractivity contribution >= 4 is 46.5 Å². The SMILES string of the molecule is CCOC(=O)[C@@H]1CCCN(C(=O)c2cc3c(s2)C(=O)c2nsnc2C3=O)C1. The number of fused-ring (bicyclic) bond motifs is 2. The summed E-state index contributed by atoms with van der Waals surface area (Å²) in [6.07, 6.45) is 1.38. The molecule has 27 heavy (non-hydrogen) atoms. The molecule has 4 rings (SSSR count). The van der Waals surface area contributed by atoms with Crippen LogP contribution in [0.25, 0.3) is 0 Å². The molecule has 1 fully saturated rings. The highest BCUT2D eigenvalue weighted by Crippen LogP contribution is 2.33. The maximum atomic E-state index is 12.9. The van der Waals surface area contributed by atoms with E-state index in [4.69, 9.17) is 4.74 Å². The molecule has 1 amide bonds. The number of amides is 1. The van der Waals surface area contributed by atoms with E-state index in [-0.39, 0.29) is 57.7 Å². The summed E-state index contributed by atoms with van der Waals surface area (Å²) in [5, 5.41) is 0. The minimum absolute atomic E-state index is 0.0506. The average Bonchev–Trinajstić information content (AvgIpc) is 3.34. The van der Waals surface area contributed by atoms with E-state index < -0.39 is 0 Å². The number of thiophene rings is 1. The Morgan fingerprint density at radius 3 is 2.74 bits per heavy atom. The summed E-state index contributed by atoms with van der Waals surface area (Å²) in [5.74, 6) is -1.69.